The molecule has 23 heavy (non-hydrogen) atoms. The van der Waals surface area contributed by atoms with Crippen molar-refractivity contribution in [3.8, 4) is 11.4 Å². The van der Waals surface area contributed by atoms with Gasteiger partial charge in [0.15, 0.2) is 5.82 Å². The molecule has 4 rings (SSSR count). The van der Waals surface area contributed by atoms with Gasteiger partial charge in [-0.2, -0.15) is 0 Å². The van der Waals surface area contributed by atoms with Crippen LogP contribution in [0.5, 0.6) is 0 Å². The molecule has 0 bridgehead atoms. The predicted octanol–water partition coefficient (Wildman–Crippen LogP) is 4.06. The van der Waals surface area contributed by atoms with Crippen molar-refractivity contribution in [3.05, 3.63) is 70.2 Å². The molecule has 1 atom stereocenters. The molecule has 1 unspecified atom stereocenters. The van der Waals surface area contributed by atoms with Crippen LogP contribution >= 0.6 is 23.7 Å². The summed E-state index contributed by atoms with van der Waals surface area (Å²) in [7, 11) is 0. The van der Waals surface area contributed by atoms with Gasteiger partial charge in [0.1, 0.15) is 0 Å². The summed E-state index contributed by atoms with van der Waals surface area (Å²) in [5.74, 6) is 0.790. The third-order valence-corrected chi connectivity index (χ3v) is 5.15. The van der Waals surface area contributed by atoms with Gasteiger partial charge in [0, 0.05) is 28.9 Å². The minimum Gasteiger partial charge on any atom is -0.309 e. The van der Waals surface area contributed by atoms with Crippen LogP contribution < -0.4 is 5.32 Å². The number of nitrogens with one attached hydrogen (secondary N) is 1. The number of nitrogens with zero attached hydrogens (tertiary/aromatic N) is 2. The molecule has 3 heterocycles. The van der Waals surface area contributed by atoms with Crippen molar-refractivity contribution < 1.29 is 0 Å². The van der Waals surface area contributed by atoms with Crippen LogP contribution in [-0.4, -0.2) is 16.5 Å². The topological polar surface area (TPSA) is 37.8 Å². The van der Waals surface area contributed by atoms with E-state index in [0.29, 0.717) is 6.04 Å². The molecule has 1 aliphatic heterocycles. The fraction of sp³-hybridized carbons (Fsp3) is 0.222. The first kappa shape index (κ1) is 16.1. The molecule has 1 aliphatic rings. The maximum Gasteiger partial charge on any atom is 0.159 e. The quantitative estimate of drug-likeness (QED) is 0.779. The predicted molar refractivity (Wildman–Crippen MR) is 97.2 cm³/mol. The van der Waals surface area contributed by atoms with E-state index in [9.17, 15) is 0 Å². The molecule has 1 aromatic carbocycles. The number of fused-ring (bicyclic) bond motifs is 1. The van der Waals surface area contributed by atoms with Crippen LogP contribution in [0.15, 0.2) is 54.2 Å². The third kappa shape index (κ3) is 3.44. The lowest BCUT2D eigenvalue weighted by Gasteiger charge is -2.24. The monoisotopic (exact) mass is 343 g/mol. The highest BCUT2D eigenvalue weighted by Gasteiger charge is 2.21. The Morgan fingerprint density at radius 1 is 1.13 bits per heavy atom. The summed E-state index contributed by atoms with van der Waals surface area (Å²) in [5.41, 5.74) is 3.92. The number of hydrogen-bond acceptors (Lipinski definition) is 4. The Labute approximate surface area is 146 Å². The molecule has 2 aromatic heterocycles. The molecule has 0 saturated heterocycles. The van der Waals surface area contributed by atoms with E-state index in [1.165, 1.54) is 16.0 Å². The molecule has 3 nitrogen and oxygen atoms in total. The van der Waals surface area contributed by atoms with Gasteiger partial charge < -0.3 is 5.32 Å². The first-order chi connectivity index (χ1) is 10.9. The maximum absolute atomic E-state index is 4.34. The van der Waals surface area contributed by atoms with Gasteiger partial charge in [-0.1, -0.05) is 18.2 Å². The largest absolute Gasteiger partial charge is 0.309 e. The molecule has 0 radical (unpaired) electrons. The van der Waals surface area contributed by atoms with E-state index in [1.54, 1.807) is 12.4 Å². The van der Waals surface area contributed by atoms with Crippen molar-refractivity contribution in [2.24, 2.45) is 0 Å². The van der Waals surface area contributed by atoms with Crippen molar-refractivity contribution in [2.75, 3.05) is 6.54 Å². The molecular weight excluding hydrogens is 326 g/mol. The molecule has 5 heteroatoms. The lowest BCUT2D eigenvalue weighted by molar-refractivity contribution is 0.512. The van der Waals surface area contributed by atoms with Crippen molar-refractivity contribution >= 4 is 23.7 Å². The normalized spacial score (nSPS) is 16.4. The summed E-state index contributed by atoms with van der Waals surface area (Å²) < 4.78 is 0. The van der Waals surface area contributed by atoms with Crippen LogP contribution in [0.4, 0.5) is 0 Å². The molecular formula is C18H18ClN3S. The molecule has 118 valence electrons. The Bertz CT molecular complexity index is 773. The van der Waals surface area contributed by atoms with Crippen molar-refractivity contribution in [1.82, 2.24) is 15.3 Å². The van der Waals surface area contributed by atoms with Gasteiger partial charge in [0.2, 0.25) is 0 Å². The fourth-order valence-electron chi connectivity index (χ4n) is 3.02. The number of halogens is 1. The summed E-state index contributed by atoms with van der Waals surface area (Å²) in [6.45, 7) is 1.07. The number of thiophene rings is 1. The minimum absolute atomic E-state index is 0. The molecule has 0 fully saturated rings. The molecule has 0 saturated carbocycles. The zero-order valence-corrected chi connectivity index (χ0v) is 14.2. The number of hydrogen-bond donors (Lipinski definition) is 1. The Hall–Kier alpha value is -1.75. The van der Waals surface area contributed by atoms with E-state index in [1.807, 2.05) is 17.4 Å². The lowest BCUT2D eigenvalue weighted by atomic mass is 9.97. The van der Waals surface area contributed by atoms with Crippen LogP contribution in [0.1, 0.15) is 22.0 Å². The lowest BCUT2D eigenvalue weighted by Crippen LogP contribution is -2.29. The van der Waals surface area contributed by atoms with Crippen LogP contribution in [0.3, 0.4) is 0 Å². The summed E-state index contributed by atoms with van der Waals surface area (Å²) in [5, 5.41) is 5.86. The van der Waals surface area contributed by atoms with Crippen LogP contribution in [-0.2, 0) is 12.8 Å². The second kappa shape index (κ2) is 7.21. The minimum atomic E-state index is 0. The molecule has 0 spiro atoms. The van der Waals surface area contributed by atoms with Crippen molar-refractivity contribution in [1.29, 1.82) is 0 Å². The Morgan fingerprint density at radius 2 is 2.00 bits per heavy atom. The van der Waals surface area contributed by atoms with Gasteiger partial charge >= 0.3 is 0 Å². The highest BCUT2D eigenvalue weighted by molar-refractivity contribution is 7.10. The number of aromatic nitrogens is 2. The average Bonchev–Trinajstić information content (AvgIpc) is 3.06. The van der Waals surface area contributed by atoms with E-state index in [4.69, 9.17) is 0 Å². The second-order valence-electron chi connectivity index (χ2n) is 5.54. The SMILES string of the molecule is Cl.c1cnc(-c2cccc(CC3NCCc4ccsc43)c2)nc1. The Morgan fingerprint density at radius 3 is 2.87 bits per heavy atom. The average molecular weight is 344 g/mol. The number of benzene rings is 1. The summed E-state index contributed by atoms with van der Waals surface area (Å²) in [4.78, 5) is 10.2. The highest BCUT2D eigenvalue weighted by atomic mass is 35.5. The van der Waals surface area contributed by atoms with Gasteiger partial charge in [-0.3, -0.25) is 0 Å². The molecule has 0 aliphatic carbocycles. The van der Waals surface area contributed by atoms with Gasteiger partial charge in [0.05, 0.1) is 0 Å². The Balaban J connectivity index is 0.00000156. The fourth-order valence-corrected chi connectivity index (χ4v) is 4.05. The van der Waals surface area contributed by atoms with Gasteiger partial charge in [0.25, 0.3) is 0 Å². The summed E-state index contributed by atoms with van der Waals surface area (Å²) in [6.07, 6.45) is 5.73. The summed E-state index contributed by atoms with van der Waals surface area (Å²) >= 11 is 1.87. The van der Waals surface area contributed by atoms with Gasteiger partial charge in [-0.25, -0.2) is 9.97 Å². The van der Waals surface area contributed by atoms with Crippen LogP contribution in [0, 0.1) is 0 Å². The van der Waals surface area contributed by atoms with Crippen molar-refractivity contribution in [3.63, 3.8) is 0 Å². The second-order valence-corrected chi connectivity index (χ2v) is 6.49. The van der Waals surface area contributed by atoms with E-state index in [0.717, 1.165) is 30.8 Å². The third-order valence-electron chi connectivity index (χ3n) is 4.07. The molecule has 0 amide bonds. The smallest absolute Gasteiger partial charge is 0.159 e. The van der Waals surface area contributed by atoms with Crippen molar-refractivity contribution in [2.45, 2.75) is 18.9 Å². The molecule has 1 N–H and O–H groups in total. The Kier molecular flexibility index (Phi) is 5.06. The van der Waals surface area contributed by atoms with Gasteiger partial charge in [-0.15, -0.1) is 23.7 Å². The number of rotatable bonds is 3. The molecule has 3 aromatic rings. The van der Waals surface area contributed by atoms with E-state index < -0.39 is 0 Å². The first-order valence-electron chi connectivity index (χ1n) is 7.56. The maximum atomic E-state index is 4.34. The van der Waals surface area contributed by atoms with E-state index in [-0.39, 0.29) is 12.4 Å². The summed E-state index contributed by atoms with van der Waals surface area (Å²) in [6, 6.07) is 13.1. The van der Waals surface area contributed by atoms with Gasteiger partial charge in [-0.05, 0) is 54.1 Å². The zero-order valence-electron chi connectivity index (χ0n) is 12.6. The van der Waals surface area contributed by atoms with E-state index >= 15 is 0 Å². The zero-order chi connectivity index (χ0) is 14.8. The highest BCUT2D eigenvalue weighted by Crippen LogP contribution is 2.31. The van der Waals surface area contributed by atoms with Crippen LogP contribution in [0.25, 0.3) is 11.4 Å². The van der Waals surface area contributed by atoms with E-state index in [2.05, 4.69) is 51.0 Å². The standard InChI is InChI=1S/C18H17N3S.ClH/c1-3-13(11-15(4-1)18-20-7-2-8-21-18)12-16-17-14(5-9-19-16)6-10-22-17;/h1-4,6-8,10-11,16,19H,5,9,12H2;1H. The first-order valence-corrected chi connectivity index (χ1v) is 8.44. The van der Waals surface area contributed by atoms with Crippen LogP contribution in [0.2, 0.25) is 0 Å².